The molecule has 0 bridgehead atoms. The molecule has 1 saturated heterocycles. The number of amides is 5. The van der Waals surface area contributed by atoms with E-state index in [0.717, 1.165) is 0 Å². The first kappa shape index (κ1) is 23.0. The lowest BCUT2D eigenvalue weighted by Crippen LogP contribution is -2.52. The number of hydrogen-bond acceptors (Lipinski definition) is 6. The molecule has 0 radical (unpaired) electrons. The summed E-state index contributed by atoms with van der Waals surface area (Å²) in [6.07, 6.45) is -0.370. The molecule has 0 aromatic heterocycles. The van der Waals surface area contributed by atoms with Gasteiger partial charge in [-0.1, -0.05) is 6.07 Å². The molecule has 2 aromatic carbocycles. The predicted molar refractivity (Wildman–Crippen MR) is 122 cm³/mol. The van der Waals surface area contributed by atoms with Crippen molar-refractivity contribution >= 4 is 40.9 Å². The Labute approximate surface area is 195 Å². The fourth-order valence-electron chi connectivity index (χ4n) is 4.00. The van der Waals surface area contributed by atoms with Crippen molar-refractivity contribution in [2.75, 3.05) is 10.6 Å². The lowest BCUT2D eigenvalue weighted by atomic mass is 10.0. The number of anilines is 2. The maximum absolute atomic E-state index is 12.8. The highest BCUT2D eigenvalue weighted by Gasteiger charge is 2.39. The average Bonchev–Trinajstić information content (AvgIpc) is 3.09. The van der Waals surface area contributed by atoms with Crippen molar-refractivity contribution in [2.24, 2.45) is 0 Å². The highest BCUT2D eigenvalue weighted by Crippen LogP contribution is 2.30. The van der Waals surface area contributed by atoms with Crippen molar-refractivity contribution in [1.29, 1.82) is 0 Å². The Morgan fingerprint density at radius 2 is 1.82 bits per heavy atom. The molecule has 2 atom stereocenters. The largest absolute Gasteiger partial charge is 0.481 e. The third kappa shape index (κ3) is 4.90. The number of piperidine rings is 1. The molecule has 5 amide bonds. The lowest BCUT2D eigenvalue weighted by molar-refractivity contribution is -0.137. The number of ether oxygens (including phenoxy) is 1. The second kappa shape index (κ2) is 9.34. The van der Waals surface area contributed by atoms with E-state index in [4.69, 9.17) is 4.74 Å². The summed E-state index contributed by atoms with van der Waals surface area (Å²) in [4.78, 5) is 61.7. The van der Waals surface area contributed by atoms with E-state index in [-0.39, 0.29) is 43.0 Å². The van der Waals surface area contributed by atoms with E-state index < -0.39 is 18.1 Å². The fourth-order valence-corrected chi connectivity index (χ4v) is 4.00. The first-order chi connectivity index (χ1) is 16.2. The smallest absolute Gasteiger partial charge is 0.265 e. The van der Waals surface area contributed by atoms with Gasteiger partial charge < -0.3 is 20.3 Å². The van der Waals surface area contributed by atoms with Gasteiger partial charge in [-0.15, -0.1) is 0 Å². The van der Waals surface area contributed by atoms with Gasteiger partial charge in [-0.3, -0.25) is 29.3 Å². The van der Waals surface area contributed by atoms with Gasteiger partial charge in [0.15, 0.2) is 6.10 Å². The molecule has 3 N–H and O–H groups in total. The van der Waals surface area contributed by atoms with Crippen LogP contribution in [0.4, 0.5) is 11.4 Å². The van der Waals surface area contributed by atoms with Crippen molar-refractivity contribution in [3.63, 3.8) is 0 Å². The lowest BCUT2D eigenvalue weighted by Gasteiger charge is -2.29. The minimum absolute atomic E-state index is 0.186. The Morgan fingerprint density at radius 3 is 2.53 bits per heavy atom. The van der Waals surface area contributed by atoms with Crippen LogP contribution in [-0.4, -0.2) is 46.6 Å². The normalized spacial score (nSPS) is 18.1. The second-order valence-corrected chi connectivity index (χ2v) is 8.23. The summed E-state index contributed by atoms with van der Waals surface area (Å²) in [5.74, 6) is -1.28. The van der Waals surface area contributed by atoms with E-state index >= 15 is 0 Å². The summed E-state index contributed by atoms with van der Waals surface area (Å²) in [7, 11) is 0. The van der Waals surface area contributed by atoms with E-state index in [2.05, 4.69) is 16.0 Å². The third-order valence-corrected chi connectivity index (χ3v) is 5.63. The summed E-state index contributed by atoms with van der Waals surface area (Å²) in [6.45, 7) is 3.21. The van der Waals surface area contributed by atoms with Crippen LogP contribution in [0.3, 0.4) is 0 Å². The molecule has 176 valence electrons. The van der Waals surface area contributed by atoms with E-state index in [9.17, 15) is 24.0 Å². The molecule has 2 aliphatic rings. The van der Waals surface area contributed by atoms with E-state index in [1.165, 1.54) is 11.8 Å². The number of nitrogens with zero attached hydrogens (tertiary/aromatic N) is 1. The Balaban J connectivity index is 1.40. The van der Waals surface area contributed by atoms with Crippen LogP contribution in [0, 0.1) is 0 Å². The Hall–Kier alpha value is -4.21. The molecule has 2 aromatic rings. The standard InChI is InChI=1S/C24H24N4O6/c1-13(22(31)26-17-5-3-4-16(11-17)25-14(2)29)34-18-6-7-19-15(10-18)12-28(24(19)33)20-8-9-21(30)27-23(20)32/h3-7,10-11,13,20H,8-9,12H2,1-2H3,(H,25,29)(H,26,31)(H,27,30,32). The molecule has 0 aliphatic carbocycles. The molecule has 2 unspecified atom stereocenters. The summed E-state index contributed by atoms with van der Waals surface area (Å²) < 4.78 is 5.78. The number of nitrogens with one attached hydrogen (secondary N) is 3. The molecule has 1 fully saturated rings. The quantitative estimate of drug-likeness (QED) is 0.559. The van der Waals surface area contributed by atoms with Crippen LogP contribution in [0.2, 0.25) is 0 Å². The molecule has 4 rings (SSSR count). The van der Waals surface area contributed by atoms with E-state index in [1.807, 2.05) is 0 Å². The van der Waals surface area contributed by atoms with Gasteiger partial charge in [0.2, 0.25) is 17.7 Å². The number of carbonyl (C=O) groups is 5. The minimum atomic E-state index is -0.842. The third-order valence-electron chi connectivity index (χ3n) is 5.63. The zero-order valence-electron chi connectivity index (χ0n) is 18.7. The van der Waals surface area contributed by atoms with Crippen molar-refractivity contribution < 1.29 is 28.7 Å². The van der Waals surface area contributed by atoms with E-state index in [1.54, 1.807) is 49.4 Å². The zero-order valence-corrected chi connectivity index (χ0v) is 18.7. The van der Waals surface area contributed by atoms with Gasteiger partial charge in [0.25, 0.3) is 11.8 Å². The van der Waals surface area contributed by atoms with Crippen molar-refractivity contribution in [1.82, 2.24) is 10.2 Å². The van der Waals surface area contributed by atoms with Crippen molar-refractivity contribution in [2.45, 2.75) is 45.4 Å². The van der Waals surface area contributed by atoms with Crippen LogP contribution in [0.1, 0.15) is 42.6 Å². The molecule has 10 heteroatoms. The van der Waals surface area contributed by atoms with Gasteiger partial charge in [-0.2, -0.15) is 0 Å². The molecule has 34 heavy (non-hydrogen) atoms. The fraction of sp³-hybridized carbons (Fsp3) is 0.292. The molecule has 10 nitrogen and oxygen atoms in total. The first-order valence-corrected chi connectivity index (χ1v) is 10.8. The van der Waals surface area contributed by atoms with Crippen molar-refractivity contribution in [3.05, 3.63) is 53.6 Å². The number of rotatable bonds is 6. The van der Waals surface area contributed by atoms with Crippen molar-refractivity contribution in [3.8, 4) is 5.75 Å². The number of carbonyl (C=O) groups excluding carboxylic acids is 5. The highest BCUT2D eigenvalue weighted by atomic mass is 16.5. The molecular formula is C24H24N4O6. The topological polar surface area (TPSA) is 134 Å². The Kier molecular flexibility index (Phi) is 6.31. The number of hydrogen-bond donors (Lipinski definition) is 3. The zero-order chi connectivity index (χ0) is 24.4. The van der Waals surface area contributed by atoms with Crippen LogP contribution in [0.5, 0.6) is 5.75 Å². The highest BCUT2D eigenvalue weighted by molar-refractivity contribution is 6.05. The number of fused-ring (bicyclic) bond motifs is 1. The second-order valence-electron chi connectivity index (χ2n) is 8.23. The number of benzene rings is 2. The van der Waals surface area contributed by atoms with Crippen LogP contribution in [0.25, 0.3) is 0 Å². The average molecular weight is 464 g/mol. The molecule has 0 spiro atoms. The predicted octanol–water partition coefficient (Wildman–Crippen LogP) is 1.81. The SMILES string of the molecule is CC(=O)Nc1cccc(NC(=O)C(C)Oc2ccc3c(c2)CN(C2CCC(=O)NC2=O)C3=O)c1. The molecule has 2 heterocycles. The van der Waals surface area contributed by atoms with Crippen LogP contribution >= 0.6 is 0 Å². The first-order valence-electron chi connectivity index (χ1n) is 10.8. The summed E-state index contributed by atoms with van der Waals surface area (Å²) >= 11 is 0. The maximum Gasteiger partial charge on any atom is 0.265 e. The van der Waals surface area contributed by atoms with Gasteiger partial charge in [0.1, 0.15) is 11.8 Å². The minimum Gasteiger partial charge on any atom is -0.481 e. The van der Waals surface area contributed by atoms with Crippen LogP contribution in [0.15, 0.2) is 42.5 Å². The molecule has 0 saturated carbocycles. The monoisotopic (exact) mass is 464 g/mol. The van der Waals surface area contributed by atoms with Crippen LogP contribution in [-0.2, 0) is 25.7 Å². The molecular weight excluding hydrogens is 440 g/mol. The number of imide groups is 1. The van der Waals surface area contributed by atoms with Gasteiger partial charge in [-0.25, -0.2) is 0 Å². The van der Waals surface area contributed by atoms with Gasteiger partial charge >= 0.3 is 0 Å². The van der Waals surface area contributed by atoms with Crippen LogP contribution < -0.4 is 20.7 Å². The van der Waals surface area contributed by atoms with Gasteiger partial charge in [-0.05, 0) is 55.3 Å². The summed E-state index contributed by atoms with van der Waals surface area (Å²) in [5.41, 5.74) is 2.21. The molecule has 2 aliphatic heterocycles. The van der Waals surface area contributed by atoms with E-state index in [0.29, 0.717) is 28.3 Å². The Morgan fingerprint density at radius 1 is 1.09 bits per heavy atom. The maximum atomic E-state index is 12.8. The summed E-state index contributed by atoms with van der Waals surface area (Å²) in [5, 5.41) is 7.67. The van der Waals surface area contributed by atoms with Gasteiger partial charge in [0, 0.05) is 36.8 Å². The van der Waals surface area contributed by atoms with Gasteiger partial charge in [0.05, 0.1) is 0 Å². The Bertz CT molecular complexity index is 1190. The summed E-state index contributed by atoms with van der Waals surface area (Å²) in [6, 6.07) is 10.9.